The van der Waals surface area contributed by atoms with Gasteiger partial charge in [0.25, 0.3) is 0 Å². The van der Waals surface area contributed by atoms with Crippen molar-refractivity contribution in [2.45, 2.75) is 0 Å². The van der Waals surface area contributed by atoms with Gasteiger partial charge in [0, 0.05) is 0 Å². The van der Waals surface area contributed by atoms with E-state index in [1.165, 1.54) is 0 Å². The normalized spacial score (nSPS) is 9.08. The molecule has 0 heterocycles. The molecule has 0 amide bonds. The van der Waals surface area contributed by atoms with E-state index in [9.17, 15) is 0 Å². The van der Waals surface area contributed by atoms with Crippen LogP contribution in [0, 0.1) is 0 Å². The quantitative estimate of drug-likeness (QED) is 0.186. The summed E-state index contributed by atoms with van der Waals surface area (Å²) in [7, 11) is -9.28. The molecule has 0 aliphatic rings. The Morgan fingerprint density at radius 1 is 0.615 bits per heavy atom. The van der Waals surface area contributed by atoms with Gasteiger partial charge in [-0.2, -0.15) is 0 Å². The van der Waals surface area contributed by atoms with Crippen molar-refractivity contribution in [1.29, 1.82) is 0 Å². The van der Waals surface area contributed by atoms with Crippen LogP contribution >= 0.6 is 15.6 Å². The fourth-order valence-electron chi connectivity index (χ4n) is 0. The molecule has 0 aromatic carbocycles. The second-order valence-corrected chi connectivity index (χ2v) is 3.08. The van der Waals surface area contributed by atoms with Crippen molar-refractivity contribution in [2.24, 2.45) is 0 Å². The third-order valence-electron chi connectivity index (χ3n) is 0. The zero-order valence-corrected chi connectivity index (χ0v) is 7.18. The van der Waals surface area contributed by atoms with Gasteiger partial charge in [0.2, 0.25) is 0 Å². The van der Waals surface area contributed by atoms with Crippen molar-refractivity contribution in [3.63, 3.8) is 0 Å². The molecular formula is H12CaO10P2. The molecule has 0 atom stereocenters. The van der Waals surface area contributed by atoms with E-state index in [2.05, 4.69) is 0 Å². The predicted molar refractivity (Wildman–Crippen MR) is 44.3 cm³/mol. The molecule has 0 saturated heterocycles. The first-order valence-corrected chi connectivity index (χ1v) is 4.70. The standard InChI is InChI=1S/Ca.2H3O4P.2H2O.2H/c;2*1-5(2,3)4;;;;/h;2*(H3,1,2,3,4);2*1H2;;. The van der Waals surface area contributed by atoms with E-state index in [4.69, 9.17) is 38.5 Å². The zero-order valence-electron chi connectivity index (χ0n) is 5.39. The average Bonchev–Trinajstić information content (AvgIpc) is 1.12. The van der Waals surface area contributed by atoms with E-state index >= 15 is 0 Å². The van der Waals surface area contributed by atoms with E-state index in [1.54, 1.807) is 0 Å². The van der Waals surface area contributed by atoms with Crippen molar-refractivity contribution in [2.75, 3.05) is 0 Å². The topological polar surface area (TPSA) is 219 Å². The Morgan fingerprint density at radius 3 is 0.615 bits per heavy atom. The van der Waals surface area contributed by atoms with Gasteiger partial charge in [0.1, 0.15) is 0 Å². The molecule has 0 rings (SSSR count). The first kappa shape index (κ1) is 29.3. The van der Waals surface area contributed by atoms with Crippen molar-refractivity contribution in [1.82, 2.24) is 0 Å². The molecule has 13 heavy (non-hydrogen) atoms. The van der Waals surface area contributed by atoms with Gasteiger partial charge in [0.15, 0.2) is 0 Å². The van der Waals surface area contributed by atoms with Crippen molar-refractivity contribution in [3.05, 3.63) is 0 Å². The van der Waals surface area contributed by atoms with Gasteiger partial charge in [-0.05, 0) is 0 Å². The summed E-state index contributed by atoms with van der Waals surface area (Å²) >= 11 is 0. The van der Waals surface area contributed by atoms with Gasteiger partial charge in [-0.25, -0.2) is 9.13 Å². The zero-order chi connectivity index (χ0) is 9.00. The van der Waals surface area contributed by atoms with E-state index in [-0.39, 0.29) is 48.7 Å². The summed E-state index contributed by atoms with van der Waals surface area (Å²) in [4.78, 5) is 43.1. The van der Waals surface area contributed by atoms with Crippen LogP contribution in [0.1, 0.15) is 0 Å². The number of phosphoric acid groups is 2. The second kappa shape index (κ2) is 11.5. The molecule has 0 fully saturated rings. The van der Waals surface area contributed by atoms with E-state index in [0.717, 1.165) is 0 Å². The van der Waals surface area contributed by atoms with Crippen LogP contribution in [-0.4, -0.2) is 78.1 Å². The molecule has 0 aliphatic heterocycles. The maximum atomic E-state index is 8.88. The van der Waals surface area contributed by atoms with Gasteiger partial charge in [0.05, 0.1) is 0 Å². The Hall–Kier alpha value is 1.40. The van der Waals surface area contributed by atoms with Crippen molar-refractivity contribution >= 4 is 53.4 Å². The summed E-state index contributed by atoms with van der Waals surface area (Å²) < 4.78 is 17.8. The van der Waals surface area contributed by atoms with Gasteiger partial charge in [-0.3, -0.25) is 0 Å². The SMILES string of the molecule is O.O.O=P(O)(O)O.O=P(O)(O)O.[CaH2]. The molecule has 84 valence electrons. The molecule has 0 aromatic rings. The minimum absolute atomic E-state index is 0. The predicted octanol–water partition coefficient (Wildman–Crippen LogP) is -4.42. The Morgan fingerprint density at radius 2 is 0.615 bits per heavy atom. The minimum atomic E-state index is -4.64. The molecule has 10 nitrogen and oxygen atoms in total. The first-order chi connectivity index (χ1) is 4.00. The Bertz CT molecular complexity index is 125. The molecule has 0 saturated carbocycles. The van der Waals surface area contributed by atoms with Crippen LogP contribution in [0.5, 0.6) is 0 Å². The summed E-state index contributed by atoms with van der Waals surface area (Å²) in [5, 5.41) is 0. The third kappa shape index (κ3) is 889. The number of hydrogen-bond acceptors (Lipinski definition) is 2. The van der Waals surface area contributed by atoms with E-state index in [1.807, 2.05) is 0 Å². The summed E-state index contributed by atoms with van der Waals surface area (Å²) in [6.45, 7) is 0. The van der Waals surface area contributed by atoms with Crippen LogP contribution in [0.15, 0.2) is 0 Å². The van der Waals surface area contributed by atoms with Crippen molar-refractivity contribution in [3.8, 4) is 0 Å². The fraction of sp³-hybridized carbons (Fsp3) is 0. The molecule has 10 N–H and O–H groups in total. The average molecular weight is 274 g/mol. The van der Waals surface area contributed by atoms with Gasteiger partial charge in [-0.15, -0.1) is 0 Å². The first-order valence-electron chi connectivity index (χ1n) is 1.57. The molecule has 0 bridgehead atoms. The van der Waals surface area contributed by atoms with E-state index < -0.39 is 15.6 Å². The van der Waals surface area contributed by atoms with Gasteiger partial charge in [-0.1, -0.05) is 0 Å². The fourth-order valence-corrected chi connectivity index (χ4v) is 0. The van der Waals surface area contributed by atoms with Crippen LogP contribution in [0.2, 0.25) is 0 Å². The van der Waals surface area contributed by atoms with Crippen LogP contribution in [0.4, 0.5) is 0 Å². The second-order valence-electron chi connectivity index (χ2n) is 1.03. The number of rotatable bonds is 0. The number of hydrogen-bond donors (Lipinski definition) is 6. The maximum absolute atomic E-state index is 8.88. The summed E-state index contributed by atoms with van der Waals surface area (Å²) in [6.07, 6.45) is 0. The van der Waals surface area contributed by atoms with Gasteiger partial charge >= 0.3 is 53.4 Å². The molecule has 0 aliphatic carbocycles. The molecule has 0 radical (unpaired) electrons. The summed E-state index contributed by atoms with van der Waals surface area (Å²) in [6, 6.07) is 0. The van der Waals surface area contributed by atoms with Crippen LogP contribution in [0.3, 0.4) is 0 Å². The monoisotopic (exact) mass is 274 g/mol. The van der Waals surface area contributed by atoms with Crippen LogP contribution in [0.25, 0.3) is 0 Å². The van der Waals surface area contributed by atoms with E-state index in [0.29, 0.717) is 0 Å². The van der Waals surface area contributed by atoms with Crippen LogP contribution in [-0.2, 0) is 9.13 Å². The van der Waals surface area contributed by atoms with Gasteiger partial charge < -0.3 is 40.3 Å². The van der Waals surface area contributed by atoms with Crippen LogP contribution < -0.4 is 0 Å². The molecule has 0 aromatic heterocycles. The Labute approximate surface area is 102 Å². The third-order valence-corrected chi connectivity index (χ3v) is 0. The molecular weight excluding hydrogens is 262 g/mol. The molecule has 0 spiro atoms. The van der Waals surface area contributed by atoms with Crippen molar-refractivity contribution < 1.29 is 49.4 Å². The Balaban J connectivity index is -0.0000000267. The molecule has 13 heteroatoms. The Kier molecular flexibility index (Phi) is 25.8. The summed E-state index contributed by atoms with van der Waals surface area (Å²) in [5.41, 5.74) is 0. The summed E-state index contributed by atoms with van der Waals surface area (Å²) in [5.74, 6) is 0. The molecule has 0 unspecified atom stereocenters.